The molecule has 0 saturated carbocycles. The van der Waals surface area contributed by atoms with Crippen molar-refractivity contribution in [1.82, 2.24) is 5.32 Å². The van der Waals surface area contributed by atoms with Crippen molar-refractivity contribution in [3.8, 4) is 0 Å². The molecule has 1 amide bonds. The Kier molecular flexibility index (Phi) is 9.04. The largest absolute Gasteiger partial charge is 0.355 e. The van der Waals surface area contributed by atoms with Crippen LogP contribution in [0.15, 0.2) is 42.5 Å². The van der Waals surface area contributed by atoms with Gasteiger partial charge >= 0.3 is 0 Å². The van der Waals surface area contributed by atoms with Crippen molar-refractivity contribution in [2.24, 2.45) is 0 Å². The zero-order chi connectivity index (χ0) is 18.1. The van der Waals surface area contributed by atoms with Gasteiger partial charge in [0.05, 0.1) is 15.8 Å². The Labute approximate surface area is 168 Å². The molecule has 1 N–H and O–H groups in total. The molecule has 0 heterocycles. The Balaban J connectivity index is 1.54. The lowest BCUT2D eigenvalue weighted by molar-refractivity contribution is -0.118. The molecule has 2 aromatic carbocycles. The van der Waals surface area contributed by atoms with Crippen molar-refractivity contribution >= 4 is 52.6 Å². The topological polar surface area (TPSA) is 29.1 Å². The van der Waals surface area contributed by atoms with E-state index in [9.17, 15) is 4.79 Å². The minimum atomic E-state index is 0.0900. The van der Waals surface area contributed by atoms with Gasteiger partial charge in [0.2, 0.25) is 5.91 Å². The van der Waals surface area contributed by atoms with Crippen LogP contribution in [-0.4, -0.2) is 24.0 Å². The summed E-state index contributed by atoms with van der Waals surface area (Å²) in [6, 6.07) is 14.1. The number of rotatable bonds is 9. The third-order valence-electron chi connectivity index (χ3n) is 3.44. The van der Waals surface area contributed by atoms with Gasteiger partial charge in [-0.2, -0.15) is 11.8 Å². The van der Waals surface area contributed by atoms with E-state index < -0.39 is 0 Å². The van der Waals surface area contributed by atoms with Gasteiger partial charge in [0, 0.05) is 23.8 Å². The summed E-state index contributed by atoms with van der Waals surface area (Å²) in [5, 5.41) is 4.11. The van der Waals surface area contributed by atoms with Crippen LogP contribution in [0.25, 0.3) is 0 Å². The van der Waals surface area contributed by atoms with Crippen LogP contribution in [0.2, 0.25) is 10.0 Å². The number of aryl methyl sites for hydroxylation is 1. The zero-order valence-electron chi connectivity index (χ0n) is 14.1. The number of amides is 1. The van der Waals surface area contributed by atoms with E-state index >= 15 is 0 Å². The average molecular weight is 414 g/mol. The second kappa shape index (κ2) is 11.0. The van der Waals surface area contributed by atoms with Crippen LogP contribution in [0, 0.1) is 6.92 Å². The molecule has 2 rings (SSSR count). The second-order valence-electron chi connectivity index (χ2n) is 5.63. The minimum absolute atomic E-state index is 0.0900. The van der Waals surface area contributed by atoms with Crippen molar-refractivity contribution in [2.75, 3.05) is 18.1 Å². The first-order valence-corrected chi connectivity index (χ1v) is 11.0. The van der Waals surface area contributed by atoms with E-state index in [-0.39, 0.29) is 5.91 Å². The Morgan fingerprint density at radius 2 is 1.64 bits per heavy atom. The number of carbonyl (C=O) groups is 1. The van der Waals surface area contributed by atoms with E-state index in [1.54, 1.807) is 23.5 Å². The molecule has 2 nitrogen and oxygen atoms in total. The van der Waals surface area contributed by atoms with Gasteiger partial charge in [-0.15, -0.1) is 11.8 Å². The molecule has 134 valence electrons. The van der Waals surface area contributed by atoms with Crippen LogP contribution in [-0.2, 0) is 16.3 Å². The molecule has 0 aromatic heterocycles. The Morgan fingerprint density at radius 3 is 2.36 bits per heavy atom. The van der Waals surface area contributed by atoms with E-state index in [1.807, 2.05) is 18.2 Å². The van der Waals surface area contributed by atoms with Crippen LogP contribution < -0.4 is 5.32 Å². The highest BCUT2D eigenvalue weighted by atomic mass is 35.5. The highest BCUT2D eigenvalue weighted by Gasteiger charge is 2.03. The fraction of sp³-hybridized carbons (Fsp3) is 0.316. The summed E-state index contributed by atoms with van der Waals surface area (Å²) >= 11 is 15.3. The number of carbonyl (C=O) groups excluding carboxylic acids is 1. The molecule has 0 atom stereocenters. The van der Waals surface area contributed by atoms with Gasteiger partial charge in [-0.3, -0.25) is 4.79 Å². The summed E-state index contributed by atoms with van der Waals surface area (Å²) in [6.07, 6.45) is 0. The molecule has 0 spiro atoms. The third-order valence-corrected chi connectivity index (χ3v) is 6.22. The Hall–Kier alpha value is -0.810. The van der Waals surface area contributed by atoms with Gasteiger partial charge < -0.3 is 5.32 Å². The normalized spacial score (nSPS) is 10.7. The second-order valence-corrected chi connectivity index (χ2v) is 8.53. The fourth-order valence-corrected chi connectivity index (χ4v) is 4.02. The van der Waals surface area contributed by atoms with Crippen molar-refractivity contribution < 1.29 is 4.79 Å². The molecule has 0 fully saturated rings. The molecule has 0 radical (unpaired) electrons. The molecule has 0 unspecified atom stereocenters. The molecule has 2 aromatic rings. The van der Waals surface area contributed by atoms with Gasteiger partial charge in [0.15, 0.2) is 0 Å². The maximum atomic E-state index is 11.8. The lowest BCUT2D eigenvalue weighted by Crippen LogP contribution is -2.27. The number of thioether (sulfide) groups is 2. The SMILES string of the molecule is Cc1ccc(CSCC(=O)NCCSCc2ccc(Cl)c(Cl)c2)cc1. The van der Waals surface area contributed by atoms with Crippen molar-refractivity contribution in [1.29, 1.82) is 0 Å². The van der Waals surface area contributed by atoms with Crippen molar-refractivity contribution in [2.45, 2.75) is 18.4 Å². The van der Waals surface area contributed by atoms with Gasteiger partial charge in [-0.25, -0.2) is 0 Å². The van der Waals surface area contributed by atoms with E-state index in [2.05, 4.69) is 36.5 Å². The van der Waals surface area contributed by atoms with Crippen molar-refractivity contribution in [3.05, 3.63) is 69.2 Å². The predicted molar refractivity (Wildman–Crippen MR) is 113 cm³/mol. The van der Waals surface area contributed by atoms with Gasteiger partial charge in [-0.1, -0.05) is 59.1 Å². The first-order valence-electron chi connectivity index (χ1n) is 7.96. The first-order chi connectivity index (χ1) is 12.0. The predicted octanol–water partition coefficient (Wildman–Crippen LogP) is 5.58. The molecular formula is C19H21Cl2NOS2. The van der Waals surface area contributed by atoms with Crippen LogP contribution >= 0.6 is 46.7 Å². The lowest BCUT2D eigenvalue weighted by Gasteiger charge is -2.06. The van der Waals surface area contributed by atoms with Crippen LogP contribution in [0.5, 0.6) is 0 Å². The summed E-state index contributed by atoms with van der Waals surface area (Å²) in [7, 11) is 0. The standard InChI is InChI=1S/C19H21Cl2NOS2/c1-14-2-4-15(5-3-14)11-25-13-19(23)22-8-9-24-12-16-6-7-17(20)18(21)10-16/h2-7,10H,8-9,11-13H2,1H3,(H,22,23). The average Bonchev–Trinajstić information content (AvgIpc) is 2.59. The highest BCUT2D eigenvalue weighted by molar-refractivity contribution is 7.99. The third kappa shape index (κ3) is 7.95. The van der Waals surface area contributed by atoms with Gasteiger partial charge in [0.25, 0.3) is 0 Å². The number of nitrogens with one attached hydrogen (secondary N) is 1. The lowest BCUT2D eigenvalue weighted by atomic mass is 10.2. The van der Waals surface area contributed by atoms with Crippen LogP contribution in [0.1, 0.15) is 16.7 Å². The van der Waals surface area contributed by atoms with Crippen molar-refractivity contribution in [3.63, 3.8) is 0 Å². The molecule has 25 heavy (non-hydrogen) atoms. The monoisotopic (exact) mass is 413 g/mol. The molecule has 6 heteroatoms. The molecule has 0 aliphatic rings. The first kappa shape index (κ1) is 20.5. The highest BCUT2D eigenvalue weighted by Crippen LogP contribution is 2.24. The minimum Gasteiger partial charge on any atom is -0.355 e. The molecule has 0 bridgehead atoms. The number of hydrogen-bond acceptors (Lipinski definition) is 3. The van der Waals surface area contributed by atoms with Crippen LogP contribution in [0.3, 0.4) is 0 Å². The Bertz CT molecular complexity index is 692. The van der Waals surface area contributed by atoms with E-state index in [1.165, 1.54) is 11.1 Å². The van der Waals surface area contributed by atoms with E-state index in [4.69, 9.17) is 23.2 Å². The molecule has 0 aliphatic heterocycles. The summed E-state index contributed by atoms with van der Waals surface area (Å²) < 4.78 is 0. The maximum Gasteiger partial charge on any atom is 0.230 e. The number of halogens is 2. The number of hydrogen-bond donors (Lipinski definition) is 1. The molecule has 0 aliphatic carbocycles. The number of benzene rings is 2. The summed E-state index contributed by atoms with van der Waals surface area (Å²) in [4.78, 5) is 11.8. The maximum absolute atomic E-state index is 11.8. The molecular weight excluding hydrogens is 393 g/mol. The summed E-state index contributed by atoms with van der Waals surface area (Å²) in [6.45, 7) is 2.75. The smallest absolute Gasteiger partial charge is 0.230 e. The summed E-state index contributed by atoms with van der Waals surface area (Å²) in [5.41, 5.74) is 3.64. The van der Waals surface area contributed by atoms with Gasteiger partial charge in [-0.05, 0) is 30.2 Å². The van der Waals surface area contributed by atoms with Crippen LogP contribution in [0.4, 0.5) is 0 Å². The summed E-state index contributed by atoms with van der Waals surface area (Å²) in [5.74, 6) is 3.17. The quantitative estimate of drug-likeness (QED) is 0.543. The van der Waals surface area contributed by atoms with E-state index in [0.717, 1.165) is 22.8 Å². The van der Waals surface area contributed by atoms with Gasteiger partial charge in [0.1, 0.15) is 0 Å². The zero-order valence-corrected chi connectivity index (χ0v) is 17.2. The Morgan fingerprint density at radius 1 is 0.960 bits per heavy atom. The fourth-order valence-electron chi connectivity index (χ4n) is 2.08. The van der Waals surface area contributed by atoms with E-state index in [0.29, 0.717) is 22.3 Å². The molecule has 0 saturated heterocycles.